The first-order valence-electron chi connectivity index (χ1n) is 25.8. The third-order valence-electron chi connectivity index (χ3n) is 12.1. The molecular formula is C51H50ClN13O19S7. The second-order valence-electron chi connectivity index (χ2n) is 19.2. The van der Waals surface area contributed by atoms with Crippen molar-refractivity contribution in [1.82, 2.24) is 9.38 Å². The van der Waals surface area contributed by atoms with Gasteiger partial charge in [-0.2, -0.15) is 57.6 Å². The molecule has 0 aliphatic carbocycles. The predicted octanol–water partition coefficient (Wildman–Crippen LogP) is 11.8. The summed E-state index contributed by atoms with van der Waals surface area (Å²) < 4.78 is 173. The summed E-state index contributed by atoms with van der Waals surface area (Å²) in [5.74, 6) is -3.93. The normalized spacial score (nSPS) is 12.7. The van der Waals surface area contributed by atoms with Crippen LogP contribution in [0.15, 0.2) is 133 Å². The van der Waals surface area contributed by atoms with Gasteiger partial charge in [0.05, 0.1) is 67.6 Å². The first kappa shape index (κ1) is 70.5. The number of hydrogen-bond donors (Lipinski definition) is 8. The van der Waals surface area contributed by atoms with E-state index in [2.05, 4.69) is 56.5 Å². The summed E-state index contributed by atoms with van der Waals surface area (Å²) in [5, 5.41) is 61.4. The molecule has 2 amide bonds. The number of azo groups is 4. The molecule has 8 N–H and O–H groups in total. The Balaban J connectivity index is 1.34. The molecule has 0 atom stereocenters. The van der Waals surface area contributed by atoms with Crippen LogP contribution in [0.1, 0.15) is 49.8 Å². The Kier molecular flexibility index (Phi) is 22.5. The van der Waals surface area contributed by atoms with Crippen LogP contribution in [0, 0.1) is 25.2 Å². The molecule has 0 aliphatic heterocycles. The maximum Gasteiger partial charge on any atom is 0.296 e. The van der Waals surface area contributed by atoms with Gasteiger partial charge in [0.25, 0.3) is 50.6 Å². The number of fused-ring (bicyclic) bond motifs is 3. The number of pyridine rings is 1. The number of hydrogen-bond acceptors (Lipinski definition) is 26. The van der Waals surface area contributed by atoms with Gasteiger partial charge >= 0.3 is 0 Å². The smallest absolute Gasteiger partial charge is 0.296 e. The minimum Gasteiger partial charge on any atom is -0.493 e. The number of halogens is 1. The zero-order chi connectivity index (χ0) is 67.0. The van der Waals surface area contributed by atoms with Crippen LogP contribution in [0.2, 0.25) is 5.02 Å². The number of carbonyl (C=O) groups excluding carboxylic acids is 2. The summed E-state index contributed by atoms with van der Waals surface area (Å²) in [6.45, 7) is 5.00. The summed E-state index contributed by atoms with van der Waals surface area (Å²) in [7, 11) is -22.8. The van der Waals surface area contributed by atoms with Crippen LogP contribution < -0.4 is 15.4 Å². The number of aryl methyl sites for hydroxylation is 1. The lowest BCUT2D eigenvalue weighted by atomic mass is 10.1. The van der Waals surface area contributed by atoms with Gasteiger partial charge in [-0.1, -0.05) is 11.6 Å². The molecule has 7 rings (SSSR count). The van der Waals surface area contributed by atoms with Crippen molar-refractivity contribution in [2.45, 2.75) is 66.5 Å². The number of aromatic hydroxyl groups is 1. The second-order valence-corrected chi connectivity index (χ2v) is 29.4. The number of nitrogens with one attached hydrogen (secondary N) is 2. The first-order chi connectivity index (χ1) is 42.5. The first-order valence-corrected chi connectivity index (χ1v) is 35.8. The fraction of sp³-hybridized carbons (Fsp3) is 0.255. The Morgan fingerprint density at radius 2 is 1.14 bits per heavy atom. The molecule has 7 aromatic rings. The van der Waals surface area contributed by atoms with E-state index in [1.807, 2.05) is 6.07 Å². The van der Waals surface area contributed by atoms with E-state index in [9.17, 15) is 84.8 Å². The van der Waals surface area contributed by atoms with E-state index in [0.29, 0.717) is 5.56 Å². The number of anilines is 2. The number of rotatable bonds is 27. The van der Waals surface area contributed by atoms with E-state index in [-0.39, 0.29) is 143 Å². The predicted molar refractivity (Wildman–Crippen MR) is 334 cm³/mol. The fourth-order valence-corrected chi connectivity index (χ4v) is 13.3. The number of carbonyl (C=O) groups is 2. The molecule has 0 saturated carbocycles. The van der Waals surface area contributed by atoms with Gasteiger partial charge in [0.1, 0.15) is 50.7 Å². The van der Waals surface area contributed by atoms with Gasteiger partial charge in [0.15, 0.2) is 11.3 Å². The van der Waals surface area contributed by atoms with Crippen LogP contribution in [-0.2, 0) is 60.2 Å². The van der Waals surface area contributed by atoms with Crippen LogP contribution in [-0.4, -0.2) is 127 Å². The van der Waals surface area contributed by atoms with Crippen molar-refractivity contribution < 1.29 is 84.3 Å². The molecule has 32 nitrogen and oxygen atoms in total. The van der Waals surface area contributed by atoms with Crippen molar-refractivity contribution in [3.63, 3.8) is 0 Å². The summed E-state index contributed by atoms with van der Waals surface area (Å²) in [6.07, 6.45) is -0.417. The van der Waals surface area contributed by atoms with E-state index in [1.54, 1.807) is 6.92 Å². The third-order valence-corrected chi connectivity index (χ3v) is 19.0. The van der Waals surface area contributed by atoms with Crippen molar-refractivity contribution in [3.8, 4) is 17.7 Å². The van der Waals surface area contributed by atoms with Gasteiger partial charge in [0, 0.05) is 35.3 Å². The number of nitrogens with zero attached hydrogens (tertiary/aromatic N) is 11. The average Bonchev–Trinajstić information content (AvgIpc) is 1.84. The van der Waals surface area contributed by atoms with Gasteiger partial charge in [-0.05, 0) is 117 Å². The molecule has 2 heterocycles. The maximum absolute atomic E-state index is 12.8. The van der Waals surface area contributed by atoms with Crippen molar-refractivity contribution >= 4 is 171 Å². The summed E-state index contributed by atoms with van der Waals surface area (Å²) in [5.41, 5.74) is -0.258. The quantitative estimate of drug-likeness (QED) is 0.0103. The number of benzene rings is 5. The van der Waals surface area contributed by atoms with Gasteiger partial charge < -0.3 is 20.5 Å². The highest BCUT2D eigenvalue weighted by Gasteiger charge is 2.24. The van der Waals surface area contributed by atoms with Gasteiger partial charge in [-0.15, -0.1) is 54.2 Å². The number of imidazole rings is 1. The lowest BCUT2D eigenvalue weighted by Gasteiger charge is -2.13. The number of nitriles is 1. The molecule has 0 spiro atoms. The summed E-state index contributed by atoms with van der Waals surface area (Å²) in [6, 6.07) is 16.9. The van der Waals surface area contributed by atoms with Gasteiger partial charge in [-0.3, -0.25) is 36.8 Å². The Hall–Kier alpha value is -7.98. The molecular weight excluding hydrogens is 1360 g/mol. The number of amides is 2. The third kappa shape index (κ3) is 19.5. The minimum atomic E-state index is -4.80. The van der Waals surface area contributed by atoms with Crippen LogP contribution in [0.4, 0.5) is 56.9 Å². The van der Waals surface area contributed by atoms with E-state index < -0.39 is 95.3 Å². The molecule has 0 saturated heterocycles. The number of ether oxygens (including phenoxy) is 1. The fourth-order valence-electron chi connectivity index (χ4n) is 8.08. The molecule has 0 bridgehead atoms. The van der Waals surface area contributed by atoms with Crippen LogP contribution >= 0.6 is 35.1 Å². The molecule has 482 valence electrons. The van der Waals surface area contributed by atoms with E-state index >= 15 is 0 Å². The zero-order valence-electron chi connectivity index (χ0n) is 47.4. The Labute approximate surface area is 532 Å². The largest absolute Gasteiger partial charge is 0.493 e. The van der Waals surface area contributed by atoms with Crippen LogP contribution in [0.25, 0.3) is 16.7 Å². The number of aromatic nitrogens is 2. The van der Waals surface area contributed by atoms with Crippen molar-refractivity contribution in [3.05, 3.63) is 94.5 Å². The molecule has 5 aromatic carbocycles. The Morgan fingerprint density at radius 3 is 1.66 bits per heavy atom. The van der Waals surface area contributed by atoms with E-state index in [4.69, 9.17) is 16.3 Å². The lowest BCUT2D eigenvalue weighted by molar-refractivity contribution is -0.115. The average molecular weight is 1410 g/mol. The highest BCUT2D eigenvalue weighted by Crippen LogP contribution is 2.46. The standard InChI is InChI=1S/C51H50ClN13O19S7/c1-27-18-41(61-64-49-28(2)33(26-53)50-56-35-11-9-32(90(78,79)80)20-44(35)65(50)51(49)68)45(84-12-5-15-87(69,70)71)23-36(27)58-62-42-22-38(55-30(4)67)40(25-47(42)86-14-7-17-89(75,76)77)60-63-43-21-37(54-29(3)66)39(24-46(43)85-13-6-16-88(72,73)74)59-57-31-8-10-34(52)48(19-31)91(81,82)83/h8-11,18-25,68H,5-7,12-17H2,1-4H3,(H,54,66)(H,55,67)(H,69,70,71)(H,72,73,74)(H,75,76,77)(H,78,79,80)(H,81,82,83). The lowest BCUT2D eigenvalue weighted by Crippen LogP contribution is -2.08. The van der Waals surface area contributed by atoms with E-state index in [0.717, 1.165) is 52.2 Å². The Bertz CT molecular complexity index is 4850. The highest BCUT2D eigenvalue weighted by molar-refractivity contribution is 7.99. The van der Waals surface area contributed by atoms with Crippen molar-refractivity contribution in [2.24, 2.45) is 40.9 Å². The van der Waals surface area contributed by atoms with Crippen LogP contribution in [0.3, 0.4) is 0 Å². The molecule has 0 radical (unpaired) electrons. The minimum absolute atomic E-state index is 0.00215. The maximum atomic E-state index is 12.8. The van der Waals surface area contributed by atoms with Gasteiger partial charge in [0.2, 0.25) is 17.7 Å². The SMILES string of the molecule is CC(=O)Nc1cc(N=Nc2cc(SCCCS(=O)(=O)O)c(N=Nc3cc(OCCCS(=O)(=O)O)c(N=Nc4c(C)c(C#N)c5nc6ccc(S(=O)(=O)O)cc6n5c4O)cc3C)cc2NC(C)=O)c(SCCCS(=O)(=O)O)cc1N=Nc1ccc(Cl)c(S(=O)(=O)O)c1. The highest BCUT2D eigenvalue weighted by atomic mass is 35.5. The molecule has 40 heteroatoms. The molecule has 0 fully saturated rings. The van der Waals surface area contributed by atoms with Crippen LogP contribution in [0.5, 0.6) is 11.6 Å². The van der Waals surface area contributed by atoms with E-state index in [1.165, 1.54) is 69.3 Å². The molecule has 0 unspecified atom stereocenters. The number of thioether (sulfide) groups is 2. The topological polar surface area (TPSA) is 499 Å². The Morgan fingerprint density at radius 1 is 0.626 bits per heavy atom. The van der Waals surface area contributed by atoms with Crippen molar-refractivity contribution in [1.29, 1.82) is 5.26 Å². The molecule has 2 aromatic heterocycles. The monoisotopic (exact) mass is 1410 g/mol. The second kappa shape index (κ2) is 29.1. The molecule has 0 aliphatic rings. The molecule has 91 heavy (non-hydrogen) atoms. The van der Waals surface area contributed by atoms with Gasteiger partial charge in [-0.25, -0.2) is 4.98 Å². The summed E-state index contributed by atoms with van der Waals surface area (Å²) >= 11 is 7.99. The van der Waals surface area contributed by atoms with Crippen molar-refractivity contribution in [2.75, 3.05) is 46.0 Å². The zero-order valence-corrected chi connectivity index (χ0v) is 53.9. The summed E-state index contributed by atoms with van der Waals surface area (Å²) in [4.78, 5) is 29.0.